The Morgan fingerprint density at radius 1 is 1.17 bits per heavy atom. The molecule has 3 rings (SSSR count). The molecule has 1 aromatic rings. The van der Waals surface area contributed by atoms with Crippen molar-refractivity contribution in [1.29, 1.82) is 0 Å². The third kappa shape index (κ3) is 4.20. The van der Waals surface area contributed by atoms with Gasteiger partial charge in [-0.2, -0.15) is 0 Å². The number of aliphatic hydroxyl groups is 1. The molecule has 2 aliphatic rings. The van der Waals surface area contributed by atoms with Crippen LogP contribution < -0.4 is 10.2 Å². The number of benzene rings is 1. The number of hydrogen-bond donors (Lipinski definition) is 2. The third-order valence-corrected chi connectivity index (χ3v) is 5.37. The fourth-order valence-electron chi connectivity index (χ4n) is 3.77. The summed E-state index contributed by atoms with van der Waals surface area (Å²) in [5.41, 5.74) is 1.26. The molecule has 24 heavy (non-hydrogen) atoms. The van der Waals surface area contributed by atoms with E-state index in [1.54, 1.807) is 0 Å². The van der Waals surface area contributed by atoms with Crippen molar-refractivity contribution in [3.8, 4) is 0 Å². The van der Waals surface area contributed by atoms with Gasteiger partial charge in [-0.25, -0.2) is 4.79 Å². The van der Waals surface area contributed by atoms with Crippen LogP contribution in [-0.4, -0.2) is 54.4 Å². The van der Waals surface area contributed by atoms with E-state index in [4.69, 9.17) is 0 Å². The first-order chi connectivity index (χ1) is 11.6. The minimum absolute atomic E-state index is 0.0403. The molecule has 2 heterocycles. The molecule has 5 nitrogen and oxygen atoms in total. The van der Waals surface area contributed by atoms with Crippen molar-refractivity contribution in [2.75, 3.05) is 31.1 Å². The van der Waals surface area contributed by atoms with Crippen molar-refractivity contribution in [1.82, 2.24) is 10.2 Å². The highest BCUT2D eigenvalue weighted by molar-refractivity contribution is 5.74. The number of anilines is 1. The number of aliphatic hydroxyl groups excluding tert-OH is 1. The van der Waals surface area contributed by atoms with Gasteiger partial charge >= 0.3 is 6.03 Å². The van der Waals surface area contributed by atoms with Crippen LogP contribution in [0.4, 0.5) is 10.5 Å². The molecule has 2 N–H and O–H groups in total. The van der Waals surface area contributed by atoms with Crippen molar-refractivity contribution in [3.63, 3.8) is 0 Å². The number of amides is 2. The summed E-state index contributed by atoms with van der Waals surface area (Å²) in [5.74, 6) is 0.212. The molecular weight excluding hydrogens is 302 g/mol. The molecular formula is C19H29N3O2. The fraction of sp³-hybridized carbons (Fsp3) is 0.632. The van der Waals surface area contributed by atoms with Gasteiger partial charge in [-0.15, -0.1) is 0 Å². The van der Waals surface area contributed by atoms with E-state index in [2.05, 4.69) is 34.5 Å². The Hall–Kier alpha value is -1.75. The predicted molar refractivity (Wildman–Crippen MR) is 96.2 cm³/mol. The monoisotopic (exact) mass is 331 g/mol. The second kappa shape index (κ2) is 7.88. The number of nitrogens with one attached hydrogen (secondary N) is 1. The molecule has 0 radical (unpaired) electrons. The smallest absolute Gasteiger partial charge is 0.317 e. The minimum atomic E-state index is -0.338. The van der Waals surface area contributed by atoms with E-state index >= 15 is 0 Å². The summed E-state index contributed by atoms with van der Waals surface area (Å²) in [6.45, 7) is 5.26. The van der Waals surface area contributed by atoms with Crippen molar-refractivity contribution < 1.29 is 9.90 Å². The lowest BCUT2D eigenvalue weighted by atomic mass is 9.93. The minimum Gasteiger partial charge on any atom is -0.393 e. The molecule has 5 heteroatoms. The van der Waals surface area contributed by atoms with E-state index in [1.807, 2.05) is 17.9 Å². The first-order valence-corrected chi connectivity index (χ1v) is 9.17. The molecule has 2 saturated heterocycles. The van der Waals surface area contributed by atoms with Gasteiger partial charge < -0.3 is 20.2 Å². The number of likely N-dealkylation sites (tertiary alicyclic amines) is 1. The molecule has 1 aromatic carbocycles. The lowest BCUT2D eigenvalue weighted by molar-refractivity contribution is 0.0731. The maximum atomic E-state index is 12.5. The fourth-order valence-corrected chi connectivity index (χ4v) is 3.77. The lowest BCUT2D eigenvalue weighted by Crippen LogP contribution is -2.52. The van der Waals surface area contributed by atoms with Crippen LogP contribution in [0.3, 0.4) is 0 Å². The molecule has 2 aliphatic heterocycles. The highest BCUT2D eigenvalue weighted by atomic mass is 16.3. The number of rotatable bonds is 3. The Bertz CT molecular complexity index is 527. The highest BCUT2D eigenvalue weighted by Gasteiger charge is 2.28. The quantitative estimate of drug-likeness (QED) is 0.894. The largest absolute Gasteiger partial charge is 0.393 e. The Morgan fingerprint density at radius 3 is 2.54 bits per heavy atom. The molecule has 132 valence electrons. The molecule has 2 amide bonds. The van der Waals surface area contributed by atoms with Gasteiger partial charge in [0.1, 0.15) is 0 Å². The van der Waals surface area contributed by atoms with E-state index in [0.717, 1.165) is 45.3 Å². The molecule has 2 atom stereocenters. The van der Waals surface area contributed by atoms with Gasteiger partial charge in [-0.3, -0.25) is 0 Å². The Kier molecular flexibility index (Phi) is 5.61. The predicted octanol–water partition coefficient (Wildman–Crippen LogP) is 2.46. The zero-order chi connectivity index (χ0) is 16.9. The molecule has 0 bridgehead atoms. The zero-order valence-corrected chi connectivity index (χ0v) is 14.5. The van der Waals surface area contributed by atoms with Gasteiger partial charge in [-0.1, -0.05) is 18.2 Å². The van der Waals surface area contributed by atoms with Crippen molar-refractivity contribution in [3.05, 3.63) is 30.3 Å². The average Bonchev–Trinajstić information content (AvgIpc) is 2.63. The Morgan fingerprint density at radius 2 is 1.88 bits per heavy atom. The maximum Gasteiger partial charge on any atom is 0.317 e. The van der Waals surface area contributed by atoms with Gasteiger partial charge in [0.05, 0.1) is 6.10 Å². The van der Waals surface area contributed by atoms with Crippen LogP contribution in [0.15, 0.2) is 30.3 Å². The van der Waals surface area contributed by atoms with Crippen LogP contribution >= 0.6 is 0 Å². The number of hydrogen-bond acceptors (Lipinski definition) is 3. The number of carbonyl (C=O) groups excluding carboxylic acids is 1. The zero-order valence-electron chi connectivity index (χ0n) is 14.5. The lowest BCUT2D eigenvalue weighted by Gasteiger charge is -2.37. The van der Waals surface area contributed by atoms with Gasteiger partial charge in [-0.05, 0) is 44.7 Å². The van der Waals surface area contributed by atoms with Gasteiger partial charge in [0.2, 0.25) is 0 Å². The number of nitrogens with zero attached hydrogens (tertiary/aromatic N) is 2. The van der Waals surface area contributed by atoms with Crippen LogP contribution in [0.25, 0.3) is 0 Å². The Balaban J connectivity index is 1.46. The van der Waals surface area contributed by atoms with E-state index in [1.165, 1.54) is 5.69 Å². The van der Waals surface area contributed by atoms with Crippen LogP contribution in [0.2, 0.25) is 0 Å². The molecule has 0 aromatic heterocycles. The topological polar surface area (TPSA) is 55.8 Å². The summed E-state index contributed by atoms with van der Waals surface area (Å²) in [7, 11) is 0. The summed E-state index contributed by atoms with van der Waals surface area (Å²) in [6.07, 6.45) is 3.62. The first-order valence-electron chi connectivity index (χ1n) is 9.17. The van der Waals surface area contributed by atoms with Crippen LogP contribution in [0.1, 0.15) is 32.6 Å². The molecule has 2 fully saturated rings. The van der Waals surface area contributed by atoms with E-state index in [-0.39, 0.29) is 24.1 Å². The van der Waals surface area contributed by atoms with Crippen molar-refractivity contribution in [2.24, 2.45) is 5.92 Å². The van der Waals surface area contributed by atoms with E-state index < -0.39 is 0 Å². The normalized spacial score (nSPS) is 23.8. The second-order valence-electron chi connectivity index (χ2n) is 7.14. The third-order valence-electron chi connectivity index (χ3n) is 5.37. The maximum absolute atomic E-state index is 12.5. The highest BCUT2D eigenvalue weighted by Crippen LogP contribution is 2.22. The summed E-state index contributed by atoms with van der Waals surface area (Å²) in [6, 6.07) is 10.8. The number of urea groups is 1. The molecule has 0 saturated carbocycles. The summed E-state index contributed by atoms with van der Waals surface area (Å²) < 4.78 is 0. The van der Waals surface area contributed by atoms with Crippen LogP contribution in [0, 0.1) is 5.92 Å². The first kappa shape index (κ1) is 17.1. The molecule has 0 spiro atoms. The van der Waals surface area contributed by atoms with E-state index in [0.29, 0.717) is 6.54 Å². The second-order valence-corrected chi connectivity index (χ2v) is 7.14. The SMILES string of the molecule is CC(O)C1CCCN(C(=O)NC2CCN(c3ccccc3)CC2)C1. The van der Waals surface area contributed by atoms with Crippen LogP contribution in [0.5, 0.6) is 0 Å². The summed E-state index contributed by atoms with van der Waals surface area (Å²) in [4.78, 5) is 16.8. The summed E-state index contributed by atoms with van der Waals surface area (Å²) >= 11 is 0. The van der Waals surface area contributed by atoms with Crippen LogP contribution in [-0.2, 0) is 0 Å². The van der Waals surface area contributed by atoms with E-state index in [9.17, 15) is 9.90 Å². The number of piperidine rings is 2. The van der Waals surface area contributed by atoms with Gasteiger partial charge in [0.25, 0.3) is 0 Å². The number of para-hydroxylation sites is 1. The average molecular weight is 331 g/mol. The number of carbonyl (C=O) groups is 1. The standard InChI is InChI=1S/C19H29N3O2/c1-15(23)16-6-5-11-22(14-16)19(24)20-17-9-12-21(13-10-17)18-7-3-2-4-8-18/h2-4,7-8,15-17,23H,5-6,9-14H2,1H3,(H,20,24). The molecule has 2 unspecified atom stereocenters. The van der Waals surface area contributed by atoms with Gasteiger partial charge in [0.15, 0.2) is 0 Å². The van der Waals surface area contributed by atoms with Gasteiger partial charge in [0, 0.05) is 43.8 Å². The Labute approximate surface area is 144 Å². The van der Waals surface area contributed by atoms with Crippen molar-refractivity contribution in [2.45, 2.75) is 44.8 Å². The summed E-state index contributed by atoms with van der Waals surface area (Å²) in [5, 5.41) is 13.0. The molecule has 0 aliphatic carbocycles. The van der Waals surface area contributed by atoms with Crippen molar-refractivity contribution >= 4 is 11.7 Å².